The second-order valence-electron chi connectivity index (χ2n) is 7.88. The van der Waals surface area contributed by atoms with Crippen molar-refractivity contribution in [1.29, 1.82) is 0 Å². The fourth-order valence-electron chi connectivity index (χ4n) is 3.52. The topological polar surface area (TPSA) is 92.8 Å². The number of halogens is 2. The number of carbonyl (C=O) groups excluding carboxylic acids is 1. The summed E-state index contributed by atoms with van der Waals surface area (Å²) in [6, 6.07) is 2.76. The number of hydrogen-bond acceptors (Lipinski definition) is 4. The van der Waals surface area contributed by atoms with Crippen molar-refractivity contribution < 1.29 is 18.7 Å². The van der Waals surface area contributed by atoms with Crippen molar-refractivity contribution in [2.24, 2.45) is 5.92 Å². The summed E-state index contributed by atoms with van der Waals surface area (Å²) < 4.78 is 29.4. The largest absolute Gasteiger partial charge is 0.503 e. The maximum Gasteiger partial charge on any atom is 0.279 e. The number of pyridine rings is 1. The minimum absolute atomic E-state index is 0.0295. The number of aromatic hydroxyl groups is 1. The highest BCUT2D eigenvalue weighted by atomic mass is 19.1. The molecule has 0 saturated carbocycles. The minimum Gasteiger partial charge on any atom is -0.503 e. The van der Waals surface area contributed by atoms with Crippen LogP contribution in [-0.2, 0) is 6.54 Å². The van der Waals surface area contributed by atoms with Crippen LogP contribution < -0.4 is 16.3 Å². The molecular formula is C22H23F2N3O4. The molecule has 7 nitrogen and oxygen atoms in total. The van der Waals surface area contributed by atoms with Gasteiger partial charge in [0.05, 0.1) is 0 Å². The van der Waals surface area contributed by atoms with E-state index in [0.717, 1.165) is 18.7 Å². The molecule has 3 aromatic rings. The van der Waals surface area contributed by atoms with Crippen LogP contribution in [0.25, 0.3) is 5.52 Å². The first-order chi connectivity index (χ1) is 14.6. The molecule has 0 fully saturated rings. The van der Waals surface area contributed by atoms with E-state index in [1.165, 1.54) is 27.4 Å². The van der Waals surface area contributed by atoms with Gasteiger partial charge >= 0.3 is 0 Å². The third-order valence-corrected chi connectivity index (χ3v) is 5.02. The van der Waals surface area contributed by atoms with Crippen molar-refractivity contribution >= 4 is 11.4 Å². The molecule has 31 heavy (non-hydrogen) atoms. The molecular weight excluding hydrogens is 408 g/mol. The van der Waals surface area contributed by atoms with Crippen LogP contribution in [0.5, 0.6) is 5.75 Å². The maximum absolute atomic E-state index is 13.7. The van der Waals surface area contributed by atoms with Crippen LogP contribution in [-0.4, -0.2) is 20.0 Å². The van der Waals surface area contributed by atoms with E-state index in [1.54, 1.807) is 0 Å². The van der Waals surface area contributed by atoms with E-state index >= 15 is 0 Å². The number of amides is 1. The van der Waals surface area contributed by atoms with Crippen molar-refractivity contribution in [2.45, 2.75) is 39.8 Å². The van der Waals surface area contributed by atoms with Gasteiger partial charge in [-0.25, -0.2) is 8.78 Å². The number of nitrogens with zero attached hydrogens (tertiary/aromatic N) is 2. The van der Waals surface area contributed by atoms with Crippen LogP contribution in [0.3, 0.4) is 0 Å². The number of fused-ring (bicyclic) bond motifs is 1. The number of nitrogens with one attached hydrogen (secondary N) is 1. The van der Waals surface area contributed by atoms with Crippen molar-refractivity contribution in [1.82, 2.24) is 14.3 Å². The molecule has 2 N–H and O–H groups in total. The molecule has 1 unspecified atom stereocenters. The van der Waals surface area contributed by atoms with E-state index in [4.69, 9.17) is 0 Å². The van der Waals surface area contributed by atoms with Gasteiger partial charge < -0.3 is 19.4 Å². The van der Waals surface area contributed by atoms with E-state index in [2.05, 4.69) is 5.32 Å². The Labute approximate surface area is 176 Å². The zero-order valence-electron chi connectivity index (χ0n) is 17.4. The number of aromatic nitrogens is 2. The zero-order chi connectivity index (χ0) is 22.9. The van der Waals surface area contributed by atoms with Gasteiger partial charge in [-0.15, -0.1) is 0 Å². The first kappa shape index (κ1) is 22.2. The fourth-order valence-corrected chi connectivity index (χ4v) is 3.52. The molecule has 2 aromatic heterocycles. The molecule has 9 heteroatoms. The van der Waals surface area contributed by atoms with Gasteiger partial charge in [-0.2, -0.15) is 0 Å². The number of carbonyl (C=O) groups is 1. The van der Waals surface area contributed by atoms with Gasteiger partial charge in [0.2, 0.25) is 5.43 Å². The second kappa shape index (κ2) is 8.71. The molecule has 164 valence electrons. The number of rotatable bonds is 6. The highest BCUT2D eigenvalue weighted by Crippen LogP contribution is 2.17. The van der Waals surface area contributed by atoms with E-state index in [9.17, 15) is 28.3 Å². The van der Waals surface area contributed by atoms with E-state index in [-0.39, 0.29) is 23.7 Å². The van der Waals surface area contributed by atoms with Gasteiger partial charge in [-0.05, 0) is 25.3 Å². The summed E-state index contributed by atoms with van der Waals surface area (Å²) in [5.41, 5.74) is -2.18. The normalized spacial score (nSPS) is 12.3. The van der Waals surface area contributed by atoms with Gasteiger partial charge in [0.25, 0.3) is 11.5 Å². The molecule has 1 amide bonds. The van der Waals surface area contributed by atoms with Gasteiger partial charge in [-0.1, -0.05) is 19.9 Å². The van der Waals surface area contributed by atoms with Crippen molar-refractivity contribution in [3.05, 3.63) is 80.1 Å². The molecule has 3 rings (SSSR count). The van der Waals surface area contributed by atoms with Crippen molar-refractivity contribution in [3.8, 4) is 5.75 Å². The summed E-state index contributed by atoms with van der Waals surface area (Å²) in [4.78, 5) is 37.9. The van der Waals surface area contributed by atoms with Gasteiger partial charge in [0.1, 0.15) is 17.2 Å². The smallest absolute Gasteiger partial charge is 0.279 e. The lowest BCUT2D eigenvalue weighted by molar-refractivity contribution is 0.0948. The van der Waals surface area contributed by atoms with Crippen LogP contribution >= 0.6 is 0 Å². The van der Waals surface area contributed by atoms with Crippen LogP contribution in [0.4, 0.5) is 8.78 Å². The van der Waals surface area contributed by atoms with E-state index in [0.29, 0.717) is 12.0 Å². The molecule has 1 atom stereocenters. The van der Waals surface area contributed by atoms with Crippen molar-refractivity contribution in [2.75, 3.05) is 0 Å². The lowest BCUT2D eigenvalue weighted by Gasteiger charge is -2.18. The predicted molar refractivity (Wildman–Crippen MR) is 111 cm³/mol. The van der Waals surface area contributed by atoms with Crippen LogP contribution in [0, 0.1) is 17.6 Å². The molecule has 1 aromatic carbocycles. The Balaban J connectivity index is 1.95. The first-order valence-electron chi connectivity index (χ1n) is 9.81. The molecule has 0 aliphatic rings. The molecule has 0 bridgehead atoms. The average Bonchev–Trinajstić information content (AvgIpc) is 2.69. The van der Waals surface area contributed by atoms with Gasteiger partial charge in [0, 0.05) is 42.8 Å². The summed E-state index contributed by atoms with van der Waals surface area (Å²) in [7, 11) is 0. The predicted octanol–water partition coefficient (Wildman–Crippen LogP) is 2.98. The lowest BCUT2D eigenvalue weighted by Crippen LogP contribution is -2.31. The third kappa shape index (κ3) is 4.50. The highest BCUT2D eigenvalue weighted by Gasteiger charge is 2.20. The molecule has 2 heterocycles. The Morgan fingerprint density at radius 3 is 2.52 bits per heavy atom. The Bertz CT molecular complexity index is 1260. The quantitative estimate of drug-likeness (QED) is 0.628. The summed E-state index contributed by atoms with van der Waals surface area (Å²) >= 11 is 0. The average molecular weight is 431 g/mol. The molecule has 0 aliphatic heterocycles. The molecule has 0 saturated heterocycles. The zero-order valence-corrected chi connectivity index (χ0v) is 17.4. The third-order valence-electron chi connectivity index (χ3n) is 5.02. The minimum atomic E-state index is -1.01. The first-order valence-corrected chi connectivity index (χ1v) is 9.81. The Hall–Kier alpha value is -3.49. The Morgan fingerprint density at radius 1 is 1.16 bits per heavy atom. The van der Waals surface area contributed by atoms with Gasteiger partial charge in [-0.3, -0.25) is 14.4 Å². The fraction of sp³-hybridized carbons (Fsp3) is 0.318. The molecule has 0 radical (unpaired) electrons. The molecule has 0 spiro atoms. The summed E-state index contributed by atoms with van der Waals surface area (Å²) in [6.45, 7) is 5.62. The summed E-state index contributed by atoms with van der Waals surface area (Å²) in [5.74, 6) is -2.95. The lowest BCUT2D eigenvalue weighted by atomic mass is 10.1. The van der Waals surface area contributed by atoms with E-state index in [1.807, 2.05) is 20.8 Å². The highest BCUT2D eigenvalue weighted by molar-refractivity contribution is 5.94. The monoisotopic (exact) mass is 431 g/mol. The van der Waals surface area contributed by atoms with Gasteiger partial charge in [0.15, 0.2) is 11.3 Å². The van der Waals surface area contributed by atoms with Crippen LogP contribution in [0.2, 0.25) is 0 Å². The Morgan fingerprint density at radius 2 is 1.87 bits per heavy atom. The van der Waals surface area contributed by atoms with Crippen LogP contribution in [0.1, 0.15) is 49.2 Å². The SMILES string of the molecule is CC(C)CC(C)n1ccn2cc(C(=O)NCc3ccc(F)cc3F)c(=O)c(O)c2c1=O. The summed E-state index contributed by atoms with van der Waals surface area (Å²) in [5, 5.41) is 12.8. The Kier molecular flexibility index (Phi) is 6.24. The van der Waals surface area contributed by atoms with E-state index < -0.39 is 39.8 Å². The van der Waals surface area contributed by atoms with Crippen molar-refractivity contribution in [3.63, 3.8) is 0 Å². The maximum atomic E-state index is 13.7. The second-order valence-corrected chi connectivity index (χ2v) is 7.88. The molecule has 0 aliphatic carbocycles. The van der Waals surface area contributed by atoms with Crippen LogP contribution in [0.15, 0.2) is 46.4 Å². The summed E-state index contributed by atoms with van der Waals surface area (Å²) in [6.07, 6.45) is 4.87. The standard InChI is InChI=1S/C22H23F2N3O4/c1-12(2)8-13(3)27-7-6-26-11-16(19(28)20(29)18(26)22(27)31)21(30)25-10-14-4-5-15(23)9-17(14)24/h4-7,9,11-13,29H,8,10H2,1-3H3,(H,25,30). The number of hydrogen-bond donors (Lipinski definition) is 2. The number of benzene rings is 1.